The molecule has 0 saturated carbocycles. The molecule has 0 spiro atoms. The van der Waals surface area contributed by atoms with E-state index in [1.165, 1.54) is 18.3 Å². The Balaban J connectivity index is 2.31. The maximum atomic E-state index is 13.0. The fraction of sp³-hybridized carbons (Fsp3) is 0. The van der Waals surface area contributed by atoms with Gasteiger partial charge in [-0.2, -0.15) is 0 Å². The molecule has 1 aromatic heterocycles. The fourth-order valence-electron chi connectivity index (χ4n) is 1.37. The second-order valence-corrected chi connectivity index (χ2v) is 3.20. The summed E-state index contributed by atoms with van der Waals surface area (Å²) in [5.41, 5.74) is 1.98. The Kier molecular flexibility index (Phi) is 2.91. The lowest BCUT2D eigenvalue weighted by Crippen LogP contribution is -1.94. The van der Waals surface area contributed by atoms with E-state index in [1.807, 2.05) is 0 Å². The quantitative estimate of drug-likeness (QED) is 0.801. The second-order valence-electron chi connectivity index (χ2n) is 3.20. The van der Waals surface area contributed by atoms with Crippen molar-refractivity contribution in [1.29, 1.82) is 0 Å². The summed E-state index contributed by atoms with van der Waals surface area (Å²) < 4.78 is 13.0. The number of carbonyl (C=O) groups excluding carboxylic acids is 1. The monoisotopic (exact) mass is 216 g/mol. The van der Waals surface area contributed by atoms with Crippen LogP contribution in [0.4, 0.5) is 10.1 Å². The van der Waals surface area contributed by atoms with Crippen LogP contribution < -0.4 is 5.32 Å². The van der Waals surface area contributed by atoms with Gasteiger partial charge in [0.15, 0.2) is 0 Å². The molecular formula is C12H9FN2O. The first-order valence-electron chi connectivity index (χ1n) is 4.72. The summed E-state index contributed by atoms with van der Waals surface area (Å²) in [6, 6.07) is 9.63. The van der Waals surface area contributed by atoms with E-state index in [-0.39, 0.29) is 5.82 Å². The van der Waals surface area contributed by atoms with E-state index in [0.29, 0.717) is 23.4 Å². The highest BCUT2D eigenvalue weighted by Gasteiger charge is 2.00. The summed E-state index contributed by atoms with van der Waals surface area (Å²) in [4.78, 5) is 14.3. The van der Waals surface area contributed by atoms with Gasteiger partial charge in [-0.05, 0) is 24.3 Å². The highest BCUT2D eigenvalue weighted by Crippen LogP contribution is 2.18. The van der Waals surface area contributed by atoms with Crippen LogP contribution in [0.15, 0.2) is 42.6 Å². The number of pyridine rings is 1. The molecule has 0 saturated heterocycles. The zero-order chi connectivity index (χ0) is 11.4. The minimum absolute atomic E-state index is 0.297. The van der Waals surface area contributed by atoms with E-state index < -0.39 is 0 Å². The smallest absolute Gasteiger partial charge is 0.211 e. The van der Waals surface area contributed by atoms with Crippen molar-refractivity contribution in [2.45, 2.75) is 0 Å². The van der Waals surface area contributed by atoms with Crippen LogP contribution in [0.1, 0.15) is 0 Å². The van der Waals surface area contributed by atoms with Gasteiger partial charge in [0.2, 0.25) is 6.41 Å². The Morgan fingerprint density at radius 1 is 1.25 bits per heavy atom. The zero-order valence-corrected chi connectivity index (χ0v) is 8.35. The Labute approximate surface area is 92.0 Å². The summed E-state index contributed by atoms with van der Waals surface area (Å²) in [5, 5.41) is 2.48. The molecule has 0 fully saturated rings. The van der Waals surface area contributed by atoms with Gasteiger partial charge in [-0.15, -0.1) is 0 Å². The third kappa shape index (κ3) is 2.23. The predicted octanol–water partition coefficient (Wildman–Crippen LogP) is 2.46. The Bertz CT molecular complexity index is 497. The van der Waals surface area contributed by atoms with Gasteiger partial charge < -0.3 is 5.32 Å². The van der Waals surface area contributed by atoms with Crippen LogP contribution in [0, 0.1) is 5.82 Å². The van der Waals surface area contributed by atoms with Crippen LogP contribution in [-0.4, -0.2) is 11.4 Å². The van der Waals surface area contributed by atoms with E-state index in [2.05, 4.69) is 10.3 Å². The molecule has 2 rings (SSSR count). The van der Waals surface area contributed by atoms with Crippen molar-refractivity contribution < 1.29 is 9.18 Å². The van der Waals surface area contributed by atoms with Crippen molar-refractivity contribution in [2.75, 3.05) is 5.32 Å². The third-order valence-corrected chi connectivity index (χ3v) is 2.11. The van der Waals surface area contributed by atoms with Crippen molar-refractivity contribution >= 4 is 12.1 Å². The second kappa shape index (κ2) is 4.53. The van der Waals surface area contributed by atoms with E-state index in [9.17, 15) is 9.18 Å². The minimum atomic E-state index is -0.297. The van der Waals surface area contributed by atoms with Gasteiger partial charge in [0.25, 0.3) is 0 Å². The molecule has 16 heavy (non-hydrogen) atoms. The molecule has 0 aliphatic heterocycles. The number of rotatable bonds is 3. The molecule has 1 aromatic carbocycles. The number of benzene rings is 1. The maximum Gasteiger partial charge on any atom is 0.211 e. The number of nitrogens with zero attached hydrogens (tertiary/aromatic N) is 1. The number of nitrogens with one attached hydrogen (secondary N) is 1. The lowest BCUT2D eigenvalue weighted by Gasteiger charge is -2.02. The highest BCUT2D eigenvalue weighted by molar-refractivity contribution is 5.71. The largest absolute Gasteiger partial charge is 0.327 e. The van der Waals surface area contributed by atoms with Crippen molar-refractivity contribution in [3.63, 3.8) is 0 Å². The van der Waals surface area contributed by atoms with Crippen LogP contribution in [-0.2, 0) is 4.79 Å². The first-order valence-corrected chi connectivity index (χ1v) is 4.72. The molecule has 0 aliphatic rings. The molecule has 0 atom stereocenters. The summed E-state index contributed by atoms with van der Waals surface area (Å²) in [5.74, 6) is -0.297. The Morgan fingerprint density at radius 2 is 2.12 bits per heavy atom. The van der Waals surface area contributed by atoms with Gasteiger partial charge in [0.1, 0.15) is 5.82 Å². The van der Waals surface area contributed by atoms with Gasteiger partial charge in [0.05, 0.1) is 17.6 Å². The van der Waals surface area contributed by atoms with Crippen molar-refractivity contribution in [1.82, 2.24) is 4.98 Å². The van der Waals surface area contributed by atoms with Crippen LogP contribution in [0.25, 0.3) is 11.3 Å². The van der Waals surface area contributed by atoms with Crippen LogP contribution >= 0.6 is 0 Å². The lowest BCUT2D eigenvalue weighted by molar-refractivity contribution is -0.105. The molecule has 0 unspecified atom stereocenters. The molecule has 1 heterocycles. The van der Waals surface area contributed by atoms with Crippen LogP contribution in [0.5, 0.6) is 0 Å². The first-order chi connectivity index (χ1) is 7.79. The Hall–Kier alpha value is -2.23. The average Bonchev–Trinajstić information content (AvgIpc) is 2.30. The van der Waals surface area contributed by atoms with Gasteiger partial charge in [-0.25, -0.2) is 4.39 Å². The molecule has 4 heteroatoms. The number of hydrogen-bond acceptors (Lipinski definition) is 2. The number of carbonyl (C=O) groups is 1. The molecule has 2 aromatic rings. The standard InChI is InChI=1S/C12H9FN2O/c13-10-3-1-2-9(6-10)12-5-4-11(7-14-12)15-8-16/h1-8H,(H,15,16). The molecule has 3 nitrogen and oxygen atoms in total. The van der Waals surface area contributed by atoms with E-state index >= 15 is 0 Å². The SMILES string of the molecule is O=CNc1ccc(-c2cccc(F)c2)nc1. The molecule has 0 radical (unpaired) electrons. The number of aromatic nitrogens is 1. The summed E-state index contributed by atoms with van der Waals surface area (Å²) in [6.45, 7) is 0. The first kappa shape index (κ1) is 10.3. The lowest BCUT2D eigenvalue weighted by atomic mass is 10.1. The Morgan fingerprint density at radius 3 is 2.75 bits per heavy atom. The number of amides is 1. The number of halogens is 1. The molecule has 0 aliphatic carbocycles. The third-order valence-electron chi connectivity index (χ3n) is 2.11. The van der Waals surface area contributed by atoms with E-state index in [4.69, 9.17) is 0 Å². The number of anilines is 1. The molecule has 0 bridgehead atoms. The predicted molar refractivity (Wildman–Crippen MR) is 59.3 cm³/mol. The summed E-state index contributed by atoms with van der Waals surface area (Å²) in [6.07, 6.45) is 2.10. The average molecular weight is 216 g/mol. The van der Waals surface area contributed by atoms with Gasteiger partial charge in [-0.1, -0.05) is 12.1 Å². The molecule has 1 amide bonds. The summed E-state index contributed by atoms with van der Waals surface area (Å²) >= 11 is 0. The van der Waals surface area contributed by atoms with E-state index in [1.54, 1.807) is 24.3 Å². The maximum absolute atomic E-state index is 13.0. The zero-order valence-electron chi connectivity index (χ0n) is 8.35. The fourth-order valence-corrected chi connectivity index (χ4v) is 1.37. The van der Waals surface area contributed by atoms with Crippen LogP contribution in [0.2, 0.25) is 0 Å². The molecular weight excluding hydrogens is 207 g/mol. The van der Waals surface area contributed by atoms with Crippen LogP contribution in [0.3, 0.4) is 0 Å². The van der Waals surface area contributed by atoms with Gasteiger partial charge in [-0.3, -0.25) is 9.78 Å². The number of hydrogen-bond donors (Lipinski definition) is 1. The van der Waals surface area contributed by atoms with Gasteiger partial charge >= 0.3 is 0 Å². The van der Waals surface area contributed by atoms with Crippen molar-refractivity contribution in [2.24, 2.45) is 0 Å². The minimum Gasteiger partial charge on any atom is -0.327 e. The van der Waals surface area contributed by atoms with Crippen molar-refractivity contribution in [3.8, 4) is 11.3 Å². The molecule has 80 valence electrons. The topological polar surface area (TPSA) is 42.0 Å². The van der Waals surface area contributed by atoms with Gasteiger partial charge in [0, 0.05) is 5.56 Å². The normalized spacial score (nSPS) is 9.81. The highest BCUT2D eigenvalue weighted by atomic mass is 19.1. The van der Waals surface area contributed by atoms with E-state index in [0.717, 1.165) is 0 Å². The van der Waals surface area contributed by atoms with Crippen molar-refractivity contribution in [3.05, 3.63) is 48.4 Å². The summed E-state index contributed by atoms with van der Waals surface area (Å²) in [7, 11) is 0. The molecule has 1 N–H and O–H groups in total.